The molecule has 3 aromatic rings. The van der Waals surface area contributed by atoms with Gasteiger partial charge in [-0.1, -0.05) is 17.3 Å². The smallest absolute Gasteiger partial charge is 0.416 e. The van der Waals surface area contributed by atoms with Gasteiger partial charge in [-0.25, -0.2) is 4.79 Å². The lowest BCUT2D eigenvalue weighted by Gasteiger charge is -2.10. The van der Waals surface area contributed by atoms with Gasteiger partial charge in [0.05, 0.1) is 11.6 Å². The number of aromatic nitrogens is 1. The number of carbonyl (C=O) groups excluding carboxylic acids is 1. The van der Waals surface area contributed by atoms with E-state index in [1.807, 2.05) is 0 Å². The number of nitrogens with zero attached hydrogens (tertiary/aromatic N) is 1. The molecule has 0 atom stereocenters. The van der Waals surface area contributed by atoms with Crippen LogP contribution in [0.4, 0.5) is 18.0 Å². The largest absolute Gasteiger partial charge is 0.489 e. The van der Waals surface area contributed by atoms with Gasteiger partial charge in [-0.05, 0) is 42.0 Å². The number of halogens is 3. The van der Waals surface area contributed by atoms with Gasteiger partial charge in [0.2, 0.25) is 0 Å². The molecule has 146 valence electrons. The summed E-state index contributed by atoms with van der Waals surface area (Å²) in [5.74, 6) is 0.422. The number of hydrogen-bond donors (Lipinski definition) is 1. The molecular formula is C19H15F3N2O4. The lowest BCUT2D eigenvalue weighted by Crippen LogP contribution is -2.21. The van der Waals surface area contributed by atoms with Crippen molar-refractivity contribution in [2.75, 3.05) is 7.05 Å². The number of benzene rings is 2. The minimum atomic E-state index is -4.39. The molecule has 0 aliphatic carbocycles. The molecule has 1 N–H and O–H groups in total. The van der Waals surface area contributed by atoms with Crippen molar-refractivity contribution in [3.8, 4) is 23.0 Å². The lowest BCUT2D eigenvalue weighted by molar-refractivity contribution is -0.137. The molecule has 0 aliphatic heterocycles. The number of rotatable bonds is 5. The van der Waals surface area contributed by atoms with E-state index >= 15 is 0 Å². The van der Waals surface area contributed by atoms with Gasteiger partial charge in [-0.3, -0.25) is 0 Å². The number of nitrogens with one attached hydrogen (secondary N) is 1. The number of alkyl halides is 3. The molecule has 1 aromatic heterocycles. The van der Waals surface area contributed by atoms with E-state index in [1.54, 1.807) is 30.3 Å². The van der Waals surface area contributed by atoms with Crippen LogP contribution in [0.1, 0.15) is 11.1 Å². The van der Waals surface area contributed by atoms with Crippen molar-refractivity contribution < 1.29 is 32.0 Å². The Labute approximate surface area is 157 Å². The third kappa shape index (κ3) is 4.81. The van der Waals surface area contributed by atoms with Gasteiger partial charge in [0.1, 0.15) is 18.1 Å². The maximum atomic E-state index is 12.7. The Balaban J connectivity index is 1.63. The van der Waals surface area contributed by atoms with Crippen molar-refractivity contribution in [2.45, 2.75) is 12.8 Å². The molecule has 1 heterocycles. The first-order chi connectivity index (χ1) is 13.3. The number of ether oxygens (including phenoxy) is 2. The molecule has 1 amide bonds. The minimum absolute atomic E-state index is 0.00263. The van der Waals surface area contributed by atoms with Crippen LogP contribution in [-0.4, -0.2) is 18.3 Å². The SMILES string of the molecule is CNC(=O)Oc1cc(-c2ccc(OCc3cccc(C(F)(F)F)c3)cc2)no1. The van der Waals surface area contributed by atoms with Gasteiger partial charge in [0.25, 0.3) is 0 Å². The van der Waals surface area contributed by atoms with E-state index < -0.39 is 17.8 Å². The molecule has 0 saturated heterocycles. The molecule has 0 fully saturated rings. The van der Waals surface area contributed by atoms with Gasteiger partial charge < -0.3 is 19.3 Å². The fraction of sp³-hybridized carbons (Fsp3) is 0.158. The van der Waals surface area contributed by atoms with Gasteiger partial charge in [-0.2, -0.15) is 13.2 Å². The summed E-state index contributed by atoms with van der Waals surface area (Å²) in [5.41, 5.74) is 0.821. The first-order valence-corrected chi connectivity index (χ1v) is 8.11. The monoisotopic (exact) mass is 392 g/mol. The number of amides is 1. The summed E-state index contributed by atoms with van der Waals surface area (Å²) < 4.78 is 53.5. The van der Waals surface area contributed by atoms with E-state index in [0.717, 1.165) is 12.1 Å². The fourth-order valence-electron chi connectivity index (χ4n) is 2.31. The van der Waals surface area contributed by atoms with E-state index in [-0.39, 0.29) is 12.6 Å². The van der Waals surface area contributed by atoms with Crippen LogP contribution in [0.25, 0.3) is 11.3 Å². The Hall–Kier alpha value is -3.49. The van der Waals surface area contributed by atoms with E-state index in [0.29, 0.717) is 22.6 Å². The topological polar surface area (TPSA) is 73.6 Å². The number of hydrogen-bond acceptors (Lipinski definition) is 5. The summed E-state index contributed by atoms with van der Waals surface area (Å²) in [4.78, 5) is 11.1. The molecule has 0 radical (unpaired) electrons. The summed E-state index contributed by atoms with van der Waals surface area (Å²) in [6.45, 7) is -0.00263. The third-order valence-electron chi connectivity index (χ3n) is 3.70. The molecule has 0 bridgehead atoms. The van der Waals surface area contributed by atoms with Crippen molar-refractivity contribution in [1.82, 2.24) is 10.5 Å². The normalized spacial score (nSPS) is 11.1. The quantitative estimate of drug-likeness (QED) is 0.684. The van der Waals surface area contributed by atoms with Crippen LogP contribution < -0.4 is 14.8 Å². The molecule has 28 heavy (non-hydrogen) atoms. The second-order valence-electron chi connectivity index (χ2n) is 5.68. The molecule has 0 spiro atoms. The highest BCUT2D eigenvalue weighted by Gasteiger charge is 2.30. The van der Waals surface area contributed by atoms with Crippen LogP contribution in [-0.2, 0) is 12.8 Å². The Morgan fingerprint density at radius 2 is 1.89 bits per heavy atom. The van der Waals surface area contributed by atoms with Crippen molar-refractivity contribution in [3.05, 3.63) is 65.7 Å². The van der Waals surface area contributed by atoms with E-state index in [1.165, 1.54) is 19.2 Å². The molecule has 6 nitrogen and oxygen atoms in total. The average molecular weight is 392 g/mol. The Morgan fingerprint density at radius 3 is 2.57 bits per heavy atom. The first kappa shape index (κ1) is 19.3. The Morgan fingerprint density at radius 1 is 1.14 bits per heavy atom. The van der Waals surface area contributed by atoms with Crippen LogP contribution in [0, 0.1) is 0 Å². The zero-order valence-corrected chi connectivity index (χ0v) is 14.6. The van der Waals surface area contributed by atoms with Gasteiger partial charge >= 0.3 is 18.2 Å². The fourth-order valence-corrected chi connectivity index (χ4v) is 2.31. The van der Waals surface area contributed by atoms with Gasteiger partial charge in [0.15, 0.2) is 0 Å². The third-order valence-corrected chi connectivity index (χ3v) is 3.70. The number of carbonyl (C=O) groups is 1. The highest BCUT2D eigenvalue weighted by Crippen LogP contribution is 2.30. The van der Waals surface area contributed by atoms with E-state index in [9.17, 15) is 18.0 Å². The zero-order chi connectivity index (χ0) is 20.1. The molecule has 0 aliphatic rings. The highest BCUT2D eigenvalue weighted by molar-refractivity contribution is 5.70. The molecule has 0 unspecified atom stereocenters. The van der Waals surface area contributed by atoms with Crippen LogP contribution >= 0.6 is 0 Å². The summed E-state index contributed by atoms with van der Waals surface area (Å²) in [6, 6.07) is 13.1. The molecular weight excluding hydrogens is 377 g/mol. The second-order valence-corrected chi connectivity index (χ2v) is 5.68. The van der Waals surface area contributed by atoms with Crippen molar-refractivity contribution in [3.63, 3.8) is 0 Å². The predicted molar refractivity (Wildman–Crippen MR) is 92.8 cm³/mol. The highest BCUT2D eigenvalue weighted by atomic mass is 19.4. The van der Waals surface area contributed by atoms with Crippen LogP contribution in [0.3, 0.4) is 0 Å². The van der Waals surface area contributed by atoms with Gasteiger partial charge in [0, 0.05) is 12.6 Å². The van der Waals surface area contributed by atoms with Crippen molar-refractivity contribution in [1.29, 1.82) is 0 Å². The molecule has 3 rings (SSSR count). The van der Waals surface area contributed by atoms with Crippen LogP contribution in [0.5, 0.6) is 11.7 Å². The first-order valence-electron chi connectivity index (χ1n) is 8.11. The second kappa shape index (κ2) is 8.03. The Bertz CT molecular complexity index is 952. The lowest BCUT2D eigenvalue weighted by atomic mass is 10.1. The molecule has 0 saturated carbocycles. The molecule has 2 aromatic carbocycles. The van der Waals surface area contributed by atoms with Crippen LogP contribution in [0.2, 0.25) is 0 Å². The predicted octanol–water partition coefficient (Wildman–Crippen LogP) is 4.66. The van der Waals surface area contributed by atoms with E-state index in [4.69, 9.17) is 14.0 Å². The average Bonchev–Trinajstić information content (AvgIpc) is 3.14. The maximum Gasteiger partial charge on any atom is 0.416 e. The van der Waals surface area contributed by atoms with Crippen LogP contribution in [0.15, 0.2) is 59.1 Å². The van der Waals surface area contributed by atoms with Crippen molar-refractivity contribution in [2.24, 2.45) is 0 Å². The summed E-state index contributed by atoms with van der Waals surface area (Å²) in [6.07, 6.45) is -5.07. The van der Waals surface area contributed by atoms with Gasteiger partial charge in [-0.15, -0.1) is 0 Å². The maximum absolute atomic E-state index is 12.7. The summed E-state index contributed by atoms with van der Waals surface area (Å²) in [5, 5.41) is 6.08. The standard InChI is InChI=1S/C19H15F3N2O4/c1-23-18(25)27-17-10-16(24-28-17)13-5-7-15(8-6-13)26-11-12-3-2-4-14(9-12)19(20,21)22/h2-10H,11H2,1H3,(H,23,25). The summed E-state index contributed by atoms with van der Waals surface area (Å²) >= 11 is 0. The minimum Gasteiger partial charge on any atom is -0.489 e. The Kier molecular flexibility index (Phi) is 5.53. The zero-order valence-electron chi connectivity index (χ0n) is 14.6. The van der Waals surface area contributed by atoms with Crippen molar-refractivity contribution >= 4 is 6.09 Å². The van der Waals surface area contributed by atoms with E-state index in [2.05, 4.69) is 10.5 Å². The summed E-state index contributed by atoms with van der Waals surface area (Å²) in [7, 11) is 1.41. The molecule has 9 heteroatoms.